The van der Waals surface area contributed by atoms with Gasteiger partial charge in [-0.3, -0.25) is 14.9 Å². The lowest BCUT2D eigenvalue weighted by molar-refractivity contribution is -0.384. The first-order chi connectivity index (χ1) is 14.8. The molecule has 1 amide bonds. The van der Waals surface area contributed by atoms with Gasteiger partial charge in [-0.15, -0.1) is 0 Å². The normalized spacial score (nSPS) is 11.1. The van der Waals surface area contributed by atoms with Crippen molar-refractivity contribution >= 4 is 23.3 Å². The van der Waals surface area contributed by atoms with Crippen molar-refractivity contribution < 1.29 is 38.2 Å². The van der Waals surface area contributed by atoms with Crippen molar-refractivity contribution in [2.24, 2.45) is 0 Å². The average molecular weight is 434 g/mol. The molecule has 11 nitrogen and oxygen atoms in total. The highest BCUT2D eigenvalue weighted by Gasteiger charge is 2.26. The Morgan fingerprint density at radius 1 is 0.935 bits per heavy atom. The minimum atomic E-state index is -1.20. The van der Waals surface area contributed by atoms with Crippen LogP contribution >= 0.6 is 0 Å². The second-order valence-electron chi connectivity index (χ2n) is 6.06. The van der Waals surface area contributed by atoms with E-state index in [-0.39, 0.29) is 34.2 Å². The van der Waals surface area contributed by atoms with Gasteiger partial charge in [0.25, 0.3) is 11.6 Å². The third-order valence-corrected chi connectivity index (χ3v) is 4.23. The van der Waals surface area contributed by atoms with Gasteiger partial charge in [-0.2, -0.15) is 0 Å². The molecule has 0 radical (unpaired) electrons. The summed E-state index contributed by atoms with van der Waals surface area (Å²) in [6.07, 6.45) is -1.20. The summed E-state index contributed by atoms with van der Waals surface area (Å²) in [7, 11) is 5.49. The number of amides is 1. The lowest BCUT2D eigenvalue weighted by atomic mass is 10.1. The minimum Gasteiger partial charge on any atom is -0.494 e. The number of hydrogen-bond donors (Lipinski definition) is 1. The molecule has 0 saturated heterocycles. The highest BCUT2D eigenvalue weighted by Crippen LogP contribution is 2.40. The number of nitrogens with zero attached hydrogens (tertiary/aromatic N) is 1. The molecule has 0 bridgehead atoms. The van der Waals surface area contributed by atoms with E-state index in [1.54, 1.807) is 0 Å². The van der Waals surface area contributed by atoms with Crippen LogP contribution < -0.4 is 24.3 Å². The van der Waals surface area contributed by atoms with Gasteiger partial charge in [0.15, 0.2) is 17.6 Å². The van der Waals surface area contributed by atoms with Gasteiger partial charge in [-0.1, -0.05) is 0 Å². The third-order valence-electron chi connectivity index (χ3n) is 4.23. The number of ether oxygens (including phenoxy) is 5. The van der Waals surface area contributed by atoms with E-state index in [0.29, 0.717) is 5.75 Å². The van der Waals surface area contributed by atoms with Gasteiger partial charge in [0.1, 0.15) is 11.3 Å². The van der Waals surface area contributed by atoms with Crippen molar-refractivity contribution in [2.45, 2.75) is 13.0 Å². The van der Waals surface area contributed by atoms with E-state index in [4.69, 9.17) is 23.7 Å². The Balaban J connectivity index is 2.18. The molecule has 0 saturated carbocycles. The molecule has 0 aliphatic rings. The average Bonchev–Trinajstić information content (AvgIpc) is 2.77. The van der Waals surface area contributed by atoms with Crippen molar-refractivity contribution in [3.8, 4) is 23.0 Å². The molecular weight excluding hydrogens is 412 g/mol. The summed E-state index contributed by atoms with van der Waals surface area (Å²) < 4.78 is 26.0. The van der Waals surface area contributed by atoms with Gasteiger partial charge in [-0.25, -0.2) is 4.79 Å². The summed E-state index contributed by atoms with van der Waals surface area (Å²) in [5, 5.41) is 13.4. The lowest BCUT2D eigenvalue weighted by Gasteiger charge is -2.18. The molecule has 0 aliphatic carbocycles. The van der Waals surface area contributed by atoms with Crippen LogP contribution in [-0.2, 0) is 9.53 Å². The number of benzene rings is 2. The molecule has 1 atom stereocenters. The fourth-order valence-corrected chi connectivity index (χ4v) is 2.67. The summed E-state index contributed by atoms with van der Waals surface area (Å²) in [6, 6.07) is 6.63. The fourth-order valence-electron chi connectivity index (χ4n) is 2.67. The summed E-state index contributed by atoms with van der Waals surface area (Å²) in [4.78, 5) is 35.4. The van der Waals surface area contributed by atoms with E-state index in [2.05, 4.69) is 5.32 Å². The van der Waals surface area contributed by atoms with Crippen molar-refractivity contribution in [1.29, 1.82) is 0 Å². The second-order valence-corrected chi connectivity index (χ2v) is 6.06. The lowest BCUT2D eigenvalue weighted by Crippen LogP contribution is -2.30. The summed E-state index contributed by atoms with van der Waals surface area (Å²) in [5.41, 5.74) is 0.0206. The van der Waals surface area contributed by atoms with Gasteiger partial charge >= 0.3 is 5.97 Å². The Kier molecular flexibility index (Phi) is 7.61. The van der Waals surface area contributed by atoms with Crippen LogP contribution in [0.2, 0.25) is 0 Å². The number of nitro benzene ring substituents is 1. The van der Waals surface area contributed by atoms with Crippen LogP contribution in [0.5, 0.6) is 23.0 Å². The van der Waals surface area contributed by atoms with E-state index in [1.165, 1.54) is 65.7 Å². The molecule has 2 rings (SSSR count). The van der Waals surface area contributed by atoms with E-state index >= 15 is 0 Å². The smallest absolute Gasteiger partial charge is 0.342 e. The van der Waals surface area contributed by atoms with Crippen LogP contribution in [0.15, 0.2) is 30.3 Å². The van der Waals surface area contributed by atoms with Crippen molar-refractivity contribution in [1.82, 2.24) is 0 Å². The summed E-state index contributed by atoms with van der Waals surface area (Å²) in [5.74, 6) is -0.755. The highest BCUT2D eigenvalue weighted by molar-refractivity contribution is 5.99. The predicted molar refractivity (Wildman–Crippen MR) is 109 cm³/mol. The Morgan fingerprint density at radius 3 is 2.13 bits per heavy atom. The maximum absolute atomic E-state index is 12.6. The number of non-ortho nitro benzene ring substituents is 1. The molecule has 0 spiro atoms. The van der Waals surface area contributed by atoms with E-state index < -0.39 is 22.9 Å². The number of methoxy groups -OCH3 is 4. The number of nitro groups is 1. The van der Waals surface area contributed by atoms with Gasteiger partial charge < -0.3 is 29.0 Å². The molecule has 0 unspecified atom stereocenters. The molecule has 11 heteroatoms. The first-order valence-corrected chi connectivity index (χ1v) is 8.90. The van der Waals surface area contributed by atoms with Crippen LogP contribution in [0, 0.1) is 10.1 Å². The number of carbonyl (C=O) groups excluding carboxylic acids is 2. The molecule has 166 valence electrons. The zero-order chi connectivity index (χ0) is 23.1. The minimum absolute atomic E-state index is 0.0349. The first kappa shape index (κ1) is 23.3. The van der Waals surface area contributed by atoms with Gasteiger partial charge in [0.2, 0.25) is 5.75 Å². The number of carbonyl (C=O) groups is 2. The van der Waals surface area contributed by atoms with Gasteiger partial charge in [0, 0.05) is 6.07 Å². The zero-order valence-corrected chi connectivity index (χ0v) is 17.6. The molecular formula is C20H22N2O9. The number of anilines is 1. The van der Waals surface area contributed by atoms with Gasteiger partial charge in [0.05, 0.1) is 45.1 Å². The van der Waals surface area contributed by atoms with Crippen molar-refractivity contribution in [3.63, 3.8) is 0 Å². The topological polar surface area (TPSA) is 135 Å². The molecule has 1 N–H and O–H groups in total. The van der Waals surface area contributed by atoms with Crippen LogP contribution in [0.25, 0.3) is 0 Å². The van der Waals surface area contributed by atoms with Crippen LogP contribution in [0.1, 0.15) is 17.3 Å². The summed E-state index contributed by atoms with van der Waals surface area (Å²) >= 11 is 0. The SMILES string of the molecule is COc1cc([N+](=O)[O-])ccc1NC(=O)[C@@H](C)OC(=O)c1ccc(OC)c(OC)c1OC. The maximum atomic E-state index is 12.6. The number of nitrogens with one attached hydrogen (secondary N) is 1. The Hall–Kier alpha value is -4.02. The molecule has 0 aromatic heterocycles. The maximum Gasteiger partial charge on any atom is 0.342 e. The van der Waals surface area contributed by atoms with E-state index in [9.17, 15) is 19.7 Å². The Labute approximate surface area is 178 Å². The third kappa shape index (κ3) is 5.13. The van der Waals surface area contributed by atoms with E-state index in [0.717, 1.165) is 0 Å². The molecule has 0 heterocycles. The first-order valence-electron chi connectivity index (χ1n) is 8.90. The number of hydrogen-bond acceptors (Lipinski definition) is 9. The second kappa shape index (κ2) is 10.1. The van der Waals surface area contributed by atoms with Gasteiger partial charge in [-0.05, 0) is 25.1 Å². The fraction of sp³-hybridized carbons (Fsp3) is 0.300. The zero-order valence-electron chi connectivity index (χ0n) is 17.6. The van der Waals surface area contributed by atoms with Crippen molar-refractivity contribution in [3.05, 3.63) is 46.0 Å². The molecule has 0 aliphatic heterocycles. The standard InChI is InChI=1S/C20H22N2O9/c1-11(19(23)21-14-8-6-12(22(25)26)10-16(14)28-3)31-20(24)13-7-9-15(27-2)18(30-5)17(13)29-4/h6-11H,1-5H3,(H,21,23)/t11-/m1/s1. The molecule has 31 heavy (non-hydrogen) atoms. The molecule has 2 aromatic rings. The highest BCUT2D eigenvalue weighted by atomic mass is 16.6. The van der Waals surface area contributed by atoms with Crippen LogP contribution in [-0.4, -0.2) is 51.3 Å². The van der Waals surface area contributed by atoms with Crippen molar-refractivity contribution in [2.75, 3.05) is 33.8 Å². The predicted octanol–water partition coefficient (Wildman–Crippen LogP) is 2.81. The number of esters is 1. The monoisotopic (exact) mass is 434 g/mol. The Morgan fingerprint density at radius 2 is 1.58 bits per heavy atom. The molecule has 2 aromatic carbocycles. The largest absolute Gasteiger partial charge is 0.494 e. The molecule has 0 fully saturated rings. The van der Waals surface area contributed by atoms with Crippen LogP contribution in [0.3, 0.4) is 0 Å². The van der Waals surface area contributed by atoms with Crippen LogP contribution in [0.4, 0.5) is 11.4 Å². The Bertz CT molecular complexity index is 991. The van der Waals surface area contributed by atoms with E-state index in [1.807, 2.05) is 0 Å². The summed E-state index contributed by atoms with van der Waals surface area (Å²) in [6.45, 7) is 1.37. The quantitative estimate of drug-likeness (QED) is 0.359. The number of rotatable bonds is 9.